The van der Waals surface area contributed by atoms with Crippen LogP contribution in [0.5, 0.6) is 0 Å². The number of anilines is 1. The number of amides is 1. The highest BCUT2D eigenvalue weighted by atomic mass is 35.5. The van der Waals surface area contributed by atoms with Crippen LogP contribution < -0.4 is 22.3 Å². The maximum absolute atomic E-state index is 13.2. The fourth-order valence-electron chi connectivity index (χ4n) is 3.62. The van der Waals surface area contributed by atoms with Gasteiger partial charge in [-0.2, -0.15) is 9.78 Å². The summed E-state index contributed by atoms with van der Waals surface area (Å²) in [5.74, 6) is 11.4. The van der Waals surface area contributed by atoms with Crippen molar-refractivity contribution < 1.29 is 4.79 Å². The predicted octanol–water partition coefficient (Wildman–Crippen LogP) is 0.945. The summed E-state index contributed by atoms with van der Waals surface area (Å²) in [6.45, 7) is 0. The van der Waals surface area contributed by atoms with E-state index in [1.54, 1.807) is 36.4 Å². The van der Waals surface area contributed by atoms with Crippen LogP contribution in [0.15, 0.2) is 58.4 Å². The molecule has 1 aliphatic carbocycles. The summed E-state index contributed by atoms with van der Waals surface area (Å²) in [5, 5.41) is 7.47. The lowest BCUT2D eigenvalue weighted by atomic mass is 9.90. The van der Waals surface area contributed by atoms with Gasteiger partial charge < -0.3 is 0 Å². The van der Waals surface area contributed by atoms with Crippen LogP contribution in [-0.4, -0.2) is 33.8 Å². The van der Waals surface area contributed by atoms with E-state index in [0.29, 0.717) is 27.7 Å². The molecule has 28 heavy (non-hydrogen) atoms. The Morgan fingerprint density at radius 2 is 2.04 bits per heavy atom. The average molecular weight is 399 g/mol. The molecule has 1 amide bonds. The predicted molar refractivity (Wildman–Crippen MR) is 107 cm³/mol. The smallest absolute Gasteiger partial charge is 0.296 e. The van der Waals surface area contributed by atoms with Crippen molar-refractivity contribution >= 4 is 23.2 Å². The zero-order chi connectivity index (χ0) is 20.0. The number of aromatic nitrogens is 2. The van der Waals surface area contributed by atoms with Gasteiger partial charge in [0.2, 0.25) is 5.91 Å². The van der Waals surface area contributed by atoms with Crippen molar-refractivity contribution in [2.75, 3.05) is 12.1 Å². The summed E-state index contributed by atoms with van der Waals surface area (Å²) in [7, 11) is 1.47. The van der Waals surface area contributed by atoms with Crippen molar-refractivity contribution in [3.63, 3.8) is 0 Å². The van der Waals surface area contributed by atoms with Gasteiger partial charge in [-0.3, -0.25) is 19.6 Å². The van der Waals surface area contributed by atoms with Crippen LogP contribution >= 0.6 is 11.6 Å². The van der Waals surface area contributed by atoms with Crippen molar-refractivity contribution in [3.05, 3.63) is 75.2 Å². The van der Waals surface area contributed by atoms with Crippen LogP contribution in [0.3, 0.4) is 0 Å². The van der Waals surface area contributed by atoms with E-state index in [1.807, 2.05) is 12.1 Å². The second kappa shape index (κ2) is 6.90. The zero-order valence-corrected chi connectivity index (χ0v) is 15.9. The Bertz CT molecular complexity index is 1060. The van der Waals surface area contributed by atoms with Gasteiger partial charge in [-0.15, -0.1) is 0 Å². The maximum atomic E-state index is 13.2. The third kappa shape index (κ3) is 2.91. The molecule has 1 aliphatic heterocycles. The molecular formula is C19H19ClN6O2. The summed E-state index contributed by atoms with van der Waals surface area (Å²) < 4.78 is 1.27. The molecule has 2 aliphatic rings. The Morgan fingerprint density at radius 3 is 2.71 bits per heavy atom. The molecule has 0 saturated heterocycles. The second-order valence-corrected chi connectivity index (χ2v) is 7.21. The number of nitrogens with zero attached hydrogens (tertiary/aromatic N) is 4. The first-order chi connectivity index (χ1) is 13.4. The average Bonchev–Trinajstić information content (AvgIpc) is 2.97. The molecular weight excluding hydrogens is 380 g/mol. The number of hydrogen-bond donors (Lipinski definition) is 2. The number of nitrogens with two attached hydrogens (primary N) is 2. The third-order valence-electron chi connectivity index (χ3n) is 4.97. The molecule has 2 heterocycles. The summed E-state index contributed by atoms with van der Waals surface area (Å²) >= 11 is 6.14. The highest BCUT2D eigenvalue weighted by molar-refractivity contribution is 6.31. The molecule has 0 spiro atoms. The van der Waals surface area contributed by atoms with Gasteiger partial charge in [0.15, 0.2) is 0 Å². The molecule has 144 valence electrons. The molecule has 0 fully saturated rings. The van der Waals surface area contributed by atoms with Crippen LogP contribution in [-0.2, 0) is 11.2 Å². The topological polar surface area (TPSA) is 110 Å². The lowest BCUT2D eigenvalue weighted by molar-refractivity contribution is -0.129. The number of allylic oxidation sites excluding steroid dienone is 2. The van der Waals surface area contributed by atoms with Gasteiger partial charge in [0.05, 0.1) is 23.8 Å². The van der Waals surface area contributed by atoms with E-state index in [-0.39, 0.29) is 29.8 Å². The lowest BCUT2D eigenvalue weighted by Crippen LogP contribution is -2.42. The van der Waals surface area contributed by atoms with Crippen LogP contribution in [0.1, 0.15) is 17.2 Å². The number of halogens is 1. The van der Waals surface area contributed by atoms with E-state index < -0.39 is 0 Å². The van der Waals surface area contributed by atoms with Crippen LogP contribution in [0.25, 0.3) is 5.69 Å². The van der Waals surface area contributed by atoms with Gasteiger partial charge in [-0.1, -0.05) is 35.9 Å². The normalized spacial score (nSPS) is 19.9. The van der Waals surface area contributed by atoms with Crippen molar-refractivity contribution in [1.29, 1.82) is 0 Å². The molecule has 8 nitrogen and oxygen atoms in total. The molecule has 9 heteroatoms. The number of carbonyl (C=O) groups is 1. The summed E-state index contributed by atoms with van der Waals surface area (Å²) in [4.78, 5) is 25.6. The molecule has 4 rings (SSSR count). The molecule has 2 atom stereocenters. The molecule has 1 aromatic carbocycles. The number of rotatable bonds is 3. The minimum absolute atomic E-state index is 0.0508. The fourth-order valence-corrected chi connectivity index (χ4v) is 3.82. The summed E-state index contributed by atoms with van der Waals surface area (Å²) in [5.41, 5.74) is 1.63. The number of para-hydroxylation sites is 1. The van der Waals surface area contributed by atoms with Gasteiger partial charge >= 0.3 is 0 Å². The molecule has 0 radical (unpaired) electrons. The van der Waals surface area contributed by atoms with Gasteiger partial charge in [-0.05, 0) is 24.3 Å². The van der Waals surface area contributed by atoms with E-state index in [4.69, 9.17) is 23.3 Å². The van der Waals surface area contributed by atoms with Crippen molar-refractivity contribution in [2.24, 2.45) is 11.7 Å². The molecule has 2 unspecified atom stereocenters. The highest BCUT2D eigenvalue weighted by Crippen LogP contribution is 2.43. The Kier molecular flexibility index (Phi) is 4.54. The van der Waals surface area contributed by atoms with Gasteiger partial charge in [-0.25, -0.2) is 11.7 Å². The van der Waals surface area contributed by atoms with E-state index >= 15 is 0 Å². The van der Waals surface area contributed by atoms with E-state index in [2.05, 4.69) is 5.10 Å². The molecule has 0 saturated carbocycles. The molecule has 4 N–H and O–H groups in total. The first-order valence-electron chi connectivity index (χ1n) is 8.70. The van der Waals surface area contributed by atoms with Crippen LogP contribution in [0.2, 0.25) is 0 Å². The van der Waals surface area contributed by atoms with Gasteiger partial charge in [0.25, 0.3) is 5.56 Å². The van der Waals surface area contributed by atoms with E-state index in [0.717, 1.165) is 5.01 Å². The SMILES string of the molecule is CN(N)C(=O)Cc1nn(-c2ccccc2)c(=O)c2c1C1C=CC(Cl)=CC1N2N. The number of hydrazine groups is 2. The molecule has 1 aromatic heterocycles. The molecule has 2 aromatic rings. The fraction of sp³-hybridized carbons (Fsp3) is 0.211. The summed E-state index contributed by atoms with van der Waals surface area (Å²) in [6.07, 6.45) is 5.38. The lowest BCUT2D eigenvalue weighted by Gasteiger charge is -2.23. The second-order valence-electron chi connectivity index (χ2n) is 6.78. The largest absolute Gasteiger partial charge is 0.298 e. The number of likely N-dealkylation sites (N-methyl/N-ethyl adjacent to an activating group) is 1. The van der Waals surface area contributed by atoms with E-state index in [9.17, 15) is 9.59 Å². The van der Waals surface area contributed by atoms with Gasteiger partial charge in [0.1, 0.15) is 5.69 Å². The Labute approximate surface area is 166 Å². The maximum Gasteiger partial charge on any atom is 0.296 e. The quantitative estimate of drug-likeness (QED) is 0.452. The number of hydrogen-bond acceptors (Lipinski definition) is 6. The van der Waals surface area contributed by atoms with E-state index in [1.165, 1.54) is 16.7 Å². The first kappa shape index (κ1) is 18.4. The van der Waals surface area contributed by atoms with Gasteiger partial charge in [0, 0.05) is 23.6 Å². The summed E-state index contributed by atoms with van der Waals surface area (Å²) in [6, 6.07) is 8.66. The minimum Gasteiger partial charge on any atom is -0.298 e. The Morgan fingerprint density at radius 1 is 1.32 bits per heavy atom. The number of fused-ring (bicyclic) bond motifs is 3. The highest BCUT2D eigenvalue weighted by Gasteiger charge is 2.41. The van der Waals surface area contributed by atoms with Crippen molar-refractivity contribution in [2.45, 2.75) is 18.4 Å². The van der Waals surface area contributed by atoms with Crippen molar-refractivity contribution in [3.8, 4) is 5.69 Å². The number of carbonyl (C=O) groups excluding carboxylic acids is 1. The van der Waals surface area contributed by atoms with Crippen LogP contribution in [0, 0.1) is 0 Å². The zero-order valence-electron chi connectivity index (χ0n) is 15.1. The standard InChI is InChI=1S/C19H19ClN6O2/c1-24(21)16(27)10-14-17-13-8-7-11(20)9-15(13)25(22)18(17)19(28)26(23-14)12-5-3-2-4-6-12/h2-9,13,15H,10,21-22H2,1H3. The Hall–Kier alpha value is -2.94. The first-order valence-corrected chi connectivity index (χ1v) is 9.08. The third-order valence-corrected chi connectivity index (χ3v) is 5.22. The number of benzene rings is 1. The minimum atomic E-state index is -0.353. The monoisotopic (exact) mass is 398 g/mol. The van der Waals surface area contributed by atoms with Crippen molar-refractivity contribution in [1.82, 2.24) is 14.8 Å². The molecule has 0 bridgehead atoms. The van der Waals surface area contributed by atoms with Crippen LogP contribution in [0.4, 0.5) is 5.69 Å². The Balaban J connectivity index is 1.95.